The number of nitrogens with two attached hydrogens (primary N) is 1. The van der Waals surface area contributed by atoms with E-state index >= 15 is 0 Å². The Hall–Kier alpha value is -1.06. The minimum Gasteiger partial charge on any atom is -0.394 e. The molecule has 1 unspecified atom stereocenters. The third-order valence-corrected chi connectivity index (χ3v) is 3.37. The number of anilines is 1. The van der Waals surface area contributed by atoms with Crippen molar-refractivity contribution in [1.29, 1.82) is 0 Å². The highest BCUT2D eigenvalue weighted by Crippen LogP contribution is 2.20. The molecule has 0 fully saturated rings. The predicted octanol–water partition coefficient (Wildman–Crippen LogP) is 2.31. The molecule has 0 aliphatic rings. The molecule has 0 heterocycles. The summed E-state index contributed by atoms with van der Waals surface area (Å²) in [6.07, 6.45) is 1.83. The van der Waals surface area contributed by atoms with Crippen LogP contribution in [0, 0.1) is 6.92 Å². The van der Waals surface area contributed by atoms with Crippen LogP contribution >= 0.6 is 0 Å². The summed E-state index contributed by atoms with van der Waals surface area (Å²) in [7, 11) is 0. The van der Waals surface area contributed by atoms with E-state index in [1.807, 2.05) is 6.92 Å². The summed E-state index contributed by atoms with van der Waals surface area (Å²) in [5.41, 5.74) is 8.09. The van der Waals surface area contributed by atoms with Gasteiger partial charge in [-0.05, 0) is 45.2 Å². The highest BCUT2D eigenvalue weighted by molar-refractivity contribution is 5.52. The first-order chi connectivity index (χ1) is 8.50. The van der Waals surface area contributed by atoms with E-state index < -0.39 is 5.54 Å². The van der Waals surface area contributed by atoms with Gasteiger partial charge < -0.3 is 15.7 Å². The molecule has 0 aliphatic carbocycles. The van der Waals surface area contributed by atoms with Gasteiger partial charge in [-0.15, -0.1) is 0 Å². The van der Waals surface area contributed by atoms with Crippen LogP contribution in [0.2, 0.25) is 0 Å². The van der Waals surface area contributed by atoms with Crippen LogP contribution in [0.5, 0.6) is 0 Å². The second kappa shape index (κ2) is 6.76. The highest BCUT2D eigenvalue weighted by atomic mass is 16.3. The molecule has 1 aromatic carbocycles. The van der Waals surface area contributed by atoms with Gasteiger partial charge in [0.2, 0.25) is 0 Å². The monoisotopic (exact) mass is 250 g/mol. The molecule has 0 saturated heterocycles. The van der Waals surface area contributed by atoms with E-state index in [1.54, 1.807) is 0 Å². The maximum Gasteiger partial charge on any atom is 0.0608 e. The molecule has 0 radical (unpaired) electrons. The summed E-state index contributed by atoms with van der Waals surface area (Å²) in [5.74, 6) is 0. The molecule has 0 spiro atoms. The quantitative estimate of drug-likeness (QED) is 0.781. The molecule has 0 aliphatic heterocycles. The third-order valence-electron chi connectivity index (χ3n) is 3.37. The summed E-state index contributed by atoms with van der Waals surface area (Å²) in [6, 6.07) is 8.44. The lowest BCUT2D eigenvalue weighted by molar-refractivity contribution is 0.198. The van der Waals surface area contributed by atoms with Gasteiger partial charge in [-0.2, -0.15) is 0 Å². The molecule has 0 aromatic heterocycles. The first-order valence-electron chi connectivity index (χ1n) is 6.70. The van der Waals surface area contributed by atoms with Crippen molar-refractivity contribution in [3.63, 3.8) is 0 Å². The molecule has 18 heavy (non-hydrogen) atoms. The fourth-order valence-corrected chi connectivity index (χ4v) is 2.12. The largest absolute Gasteiger partial charge is 0.394 e. The summed E-state index contributed by atoms with van der Waals surface area (Å²) >= 11 is 0. The second-order valence-electron chi connectivity index (χ2n) is 5.28. The summed E-state index contributed by atoms with van der Waals surface area (Å²) in [5, 5.41) is 9.14. The van der Waals surface area contributed by atoms with Gasteiger partial charge in [0, 0.05) is 24.3 Å². The Morgan fingerprint density at radius 1 is 1.33 bits per heavy atom. The van der Waals surface area contributed by atoms with Gasteiger partial charge in [-0.25, -0.2) is 0 Å². The van der Waals surface area contributed by atoms with E-state index in [0.29, 0.717) is 0 Å². The van der Waals surface area contributed by atoms with E-state index in [4.69, 9.17) is 10.8 Å². The van der Waals surface area contributed by atoms with Gasteiger partial charge >= 0.3 is 0 Å². The van der Waals surface area contributed by atoms with Crippen molar-refractivity contribution in [2.45, 2.75) is 39.2 Å². The molecule has 0 amide bonds. The number of benzene rings is 1. The van der Waals surface area contributed by atoms with Crippen molar-refractivity contribution >= 4 is 5.69 Å². The van der Waals surface area contributed by atoms with Gasteiger partial charge in [0.25, 0.3) is 0 Å². The van der Waals surface area contributed by atoms with Gasteiger partial charge in [-0.3, -0.25) is 0 Å². The maximum atomic E-state index is 9.14. The van der Waals surface area contributed by atoms with Crippen LogP contribution < -0.4 is 10.6 Å². The smallest absolute Gasteiger partial charge is 0.0608 e. The number of rotatable bonds is 7. The van der Waals surface area contributed by atoms with Gasteiger partial charge in [0.1, 0.15) is 0 Å². The number of hydrogen-bond donors (Lipinski definition) is 2. The van der Waals surface area contributed by atoms with E-state index in [9.17, 15) is 0 Å². The third kappa shape index (κ3) is 4.31. The average Bonchev–Trinajstić information content (AvgIpc) is 2.36. The van der Waals surface area contributed by atoms with Crippen molar-refractivity contribution in [3.8, 4) is 0 Å². The molecule has 1 atom stereocenters. The normalized spacial score (nSPS) is 14.3. The fourth-order valence-electron chi connectivity index (χ4n) is 2.12. The minimum absolute atomic E-state index is 0.0451. The van der Waals surface area contributed by atoms with Crippen LogP contribution in [-0.2, 0) is 0 Å². The van der Waals surface area contributed by atoms with Gasteiger partial charge in [0.15, 0.2) is 0 Å². The topological polar surface area (TPSA) is 49.5 Å². The van der Waals surface area contributed by atoms with E-state index in [2.05, 4.69) is 43.0 Å². The second-order valence-corrected chi connectivity index (χ2v) is 5.28. The highest BCUT2D eigenvalue weighted by Gasteiger charge is 2.17. The predicted molar refractivity (Wildman–Crippen MR) is 78.0 cm³/mol. The van der Waals surface area contributed by atoms with Crippen LogP contribution in [-0.4, -0.2) is 30.3 Å². The molecule has 1 aromatic rings. The number of nitrogens with zero attached hydrogens (tertiary/aromatic N) is 1. The number of aliphatic hydroxyl groups excluding tert-OH is 1. The molecule has 0 saturated carbocycles. The lowest BCUT2D eigenvalue weighted by atomic mass is 9.98. The Labute approximate surface area is 111 Å². The summed E-state index contributed by atoms with van der Waals surface area (Å²) in [4.78, 5) is 2.36. The van der Waals surface area contributed by atoms with Crippen molar-refractivity contribution in [2.24, 2.45) is 5.73 Å². The zero-order valence-corrected chi connectivity index (χ0v) is 11.8. The van der Waals surface area contributed by atoms with Crippen molar-refractivity contribution < 1.29 is 5.11 Å². The van der Waals surface area contributed by atoms with E-state index in [-0.39, 0.29) is 6.61 Å². The first-order valence-corrected chi connectivity index (χ1v) is 6.70. The lowest BCUT2D eigenvalue weighted by Crippen LogP contribution is -2.41. The van der Waals surface area contributed by atoms with Crippen molar-refractivity contribution in [3.05, 3.63) is 29.8 Å². The molecule has 1 rings (SSSR count). The van der Waals surface area contributed by atoms with Crippen molar-refractivity contribution in [1.82, 2.24) is 0 Å². The SMILES string of the molecule is CCN(CCCC(C)(N)CO)c1ccccc1C. The van der Waals surface area contributed by atoms with Crippen LogP contribution in [0.1, 0.15) is 32.3 Å². The summed E-state index contributed by atoms with van der Waals surface area (Å²) in [6.45, 7) is 8.22. The Kier molecular flexibility index (Phi) is 5.63. The number of para-hydroxylation sites is 1. The Bertz CT molecular complexity index is 363. The Morgan fingerprint density at radius 3 is 2.56 bits per heavy atom. The van der Waals surface area contributed by atoms with E-state index in [0.717, 1.165) is 25.9 Å². The molecule has 3 heteroatoms. The molecule has 3 nitrogen and oxygen atoms in total. The van der Waals surface area contributed by atoms with Crippen molar-refractivity contribution in [2.75, 3.05) is 24.6 Å². The Morgan fingerprint density at radius 2 is 2.00 bits per heavy atom. The van der Waals surface area contributed by atoms with E-state index in [1.165, 1.54) is 11.3 Å². The maximum absolute atomic E-state index is 9.14. The fraction of sp³-hybridized carbons (Fsp3) is 0.600. The number of aliphatic hydroxyl groups is 1. The molecule has 102 valence electrons. The molecular formula is C15H26N2O. The number of aryl methyl sites for hydroxylation is 1. The Balaban J connectivity index is 2.56. The van der Waals surface area contributed by atoms with Crippen LogP contribution in [0.3, 0.4) is 0 Å². The standard InChI is InChI=1S/C15H26N2O/c1-4-17(11-7-10-15(3,16)12-18)14-9-6-5-8-13(14)2/h5-6,8-9,18H,4,7,10-12,16H2,1-3H3. The molecular weight excluding hydrogens is 224 g/mol. The minimum atomic E-state index is -0.453. The van der Waals surface area contributed by atoms with Crippen LogP contribution in [0.15, 0.2) is 24.3 Å². The summed E-state index contributed by atoms with van der Waals surface area (Å²) < 4.78 is 0. The van der Waals surface area contributed by atoms with Crippen LogP contribution in [0.4, 0.5) is 5.69 Å². The molecule has 3 N–H and O–H groups in total. The molecule has 0 bridgehead atoms. The zero-order chi connectivity index (χ0) is 13.6. The van der Waals surface area contributed by atoms with Gasteiger partial charge in [-0.1, -0.05) is 18.2 Å². The number of hydrogen-bond acceptors (Lipinski definition) is 3. The average molecular weight is 250 g/mol. The van der Waals surface area contributed by atoms with Gasteiger partial charge in [0.05, 0.1) is 6.61 Å². The lowest BCUT2D eigenvalue weighted by Gasteiger charge is -2.27. The zero-order valence-electron chi connectivity index (χ0n) is 11.8. The first kappa shape index (κ1) is 15.0. The van der Waals surface area contributed by atoms with Crippen LogP contribution in [0.25, 0.3) is 0 Å².